The zero-order valence-corrected chi connectivity index (χ0v) is 13.6. The van der Waals surface area contributed by atoms with E-state index in [-0.39, 0.29) is 6.42 Å². The number of carbonyl (C=O) groups is 1. The monoisotopic (exact) mass is 347 g/mol. The number of ether oxygens (including phenoxy) is 2. The molecule has 0 saturated heterocycles. The maximum Gasteiger partial charge on any atom is 0.311 e. The van der Waals surface area contributed by atoms with Gasteiger partial charge in [0.1, 0.15) is 11.5 Å². The molecule has 0 heterocycles. The Morgan fingerprint density at radius 2 is 1.92 bits per heavy atom. The van der Waals surface area contributed by atoms with E-state index in [0.717, 1.165) is 0 Å². The second-order valence-electron chi connectivity index (χ2n) is 5.28. The molecule has 0 aliphatic carbocycles. The van der Waals surface area contributed by atoms with E-state index in [1.807, 2.05) is 0 Å². The molecule has 8 heteroatoms. The van der Waals surface area contributed by atoms with Crippen molar-refractivity contribution in [1.29, 1.82) is 0 Å². The lowest BCUT2D eigenvalue weighted by atomic mass is 9.91. The van der Waals surface area contributed by atoms with Crippen molar-refractivity contribution in [2.45, 2.75) is 12.3 Å². The summed E-state index contributed by atoms with van der Waals surface area (Å²) in [6.45, 7) is 0. The summed E-state index contributed by atoms with van der Waals surface area (Å²) in [6.07, 6.45) is -0.000851. The first kappa shape index (κ1) is 18.1. The number of hydrogen-bond donors (Lipinski definition) is 2. The van der Waals surface area contributed by atoms with Crippen LogP contribution >= 0.6 is 0 Å². The van der Waals surface area contributed by atoms with Crippen molar-refractivity contribution in [2.24, 2.45) is 0 Å². The van der Waals surface area contributed by atoms with Gasteiger partial charge in [0, 0.05) is 17.7 Å². The fourth-order valence-corrected chi connectivity index (χ4v) is 2.51. The zero-order chi connectivity index (χ0) is 18.6. The van der Waals surface area contributed by atoms with Crippen molar-refractivity contribution in [1.82, 2.24) is 0 Å². The van der Waals surface area contributed by atoms with E-state index >= 15 is 0 Å². The molecule has 2 rings (SSSR count). The van der Waals surface area contributed by atoms with Gasteiger partial charge in [0.2, 0.25) is 0 Å². The summed E-state index contributed by atoms with van der Waals surface area (Å²) in [6, 6.07) is 8.58. The van der Waals surface area contributed by atoms with Crippen LogP contribution < -0.4 is 9.47 Å². The number of benzene rings is 2. The summed E-state index contributed by atoms with van der Waals surface area (Å²) in [5.74, 6) is -1.68. The SMILES string of the molecule is COc1ccc(C(Cc2ccc(O)c([N+](=O)[O-])c2)C(=O)O)c(OC)c1. The van der Waals surface area contributed by atoms with Crippen LogP contribution in [0.3, 0.4) is 0 Å². The van der Waals surface area contributed by atoms with Crippen molar-refractivity contribution in [2.75, 3.05) is 14.2 Å². The van der Waals surface area contributed by atoms with Gasteiger partial charge in [-0.3, -0.25) is 14.9 Å². The average molecular weight is 347 g/mol. The molecule has 0 radical (unpaired) electrons. The van der Waals surface area contributed by atoms with Gasteiger partial charge in [0.05, 0.1) is 25.1 Å². The molecule has 132 valence electrons. The molecule has 1 unspecified atom stereocenters. The zero-order valence-electron chi connectivity index (χ0n) is 13.6. The van der Waals surface area contributed by atoms with Gasteiger partial charge in [-0.15, -0.1) is 0 Å². The molecular formula is C17H17NO7. The largest absolute Gasteiger partial charge is 0.502 e. The lowest BCUT2D eigenvalue weighted by Gasteiger charge is -2.17. The predicted octanol–water partition coefficient (Wildman–Crippen LogP) is 2.73. The van der Waals surface area contributed by atoms with E-state index in [9.17, 15) is 25.1 Å². The van der Waals surface area contributed by atoms with Crippen LogP contribution in [0.1, 0.15) is 17.0 Å². The summed E-state index contributed by atoms with van der Waals surface area (Å²) >= 11 is 0. The van der Waals surface area contributed by atoms with Crippen molar-refractivity contribution in [3.05, 3.63) is 57.6 Å². The molecule has 8 nitrogen and oxygen atoms in total. The number of aromatic hydroxyl groups is 1. The van der Waals surface area contributed by atoms with Crippen molar-refractivity contribution >= 4 is 11.7 Å². The number of hydrogen-bond acceptors (Lipinski definition) is 6. The minimum Gasteiger partial charge on any atom is -0.502 e. The highest BCUT2D eigenvalue weighted by atomic mass is 16.6. The third kappa shape index (κ3) is 3.97. The van der Waals surface area contributed by atoms with E-state index in [1.165, 1.54) is 32.4 Å². The third-order valence-corrected chi connectivity index (χ3v) is 3.79. The second kappa shape index (κ2) is 7.52. The van der Waals surface area contributed by atoms with Gasteiger partial charge in [-0.1, -0.05) is 12.1 Å². The van der Waals surface area contributed by atoms with E-state index in [1.54, 1.807) is 18.2 Å². The van der Waals surface area contributed by atoms with Crippen LogP contribution in [0.15, 0.2) is 36.4 Å². The maximum absolute atomic E-state index is 11.7. The molecule has 2 aromatic carbocycles. The first-order valence-electron chi connectivity index (χ1n) is 7.28. The van der Waals surface area contributed by atoms with Gasteiger partial charge < -0.3 is 19.7 Å². The molecule has 2 aromatic rings. The lowest BCUT2D eigenvalue weighted by Crippen LogP contribution is -2.15. The first-order valence-corrected chi connectivity index (χ1v) is 7.28. The second-order valence-corrected chi connectivity index (χ2v) is 5.28. The summed E-state index contributed by atoms with van der Waals surface area (Å²) in [4.78, 5) is 22.0. The molecule has 0 aliphatic heterocycles. The van der Waals surface area contributed by atoms with Crippen LogP contribution in [0.2, 0.25) is 0 Å². The number of nitro benzene ring substituents is 1. The summed E-state index contributed by atoms with van der Waals surface area (Å²) in [5, 5.41) is 30.0. The Labute approximate surface area is 143 Å². The van der Waals surface area contributed by atoms with Crippen molar-refractivity contribution < 1.29 is 29.4 Å². The minimum absolute atomic E-state index is 0.000851. The predicted molar refractivity (Wildman–Crippen MR) is 88.4 cm³/mol. The Balaban J connectivity index is 2.42. The molecule has 0 bridgehead atoms. The van der Waals surface area contributed by atoms with Gasteiger partial charge in [-0.25, -0.2) is 0 Å². The number of rotatable bonds is 7. The highest BCUT2D eigenvalue weighted by Crippen LogP contribution is 2.34. The Morgan fingerprint density at radius 3 is 2.48 bits per heavy atom. The highest BCUT2D eigenvalue weighted by molar-refractivity contribution is 5.78. The quantitative estimate of drug-likeness (QED) is 0.584. The number of phenols is 1. The Kier molecular flexibility index (Phi) is 5.43. The average Bonchev–Trinajstić information content (AvgIpc) is 2.60. The maximum atomic E-state index is 11.7. The van der Waals surface area contributed by atoms with Crippen molar-refractivity contribution in [3.8, 4) is 17.2 Å². The van der Waals surface area contributed by atoms with Gasteiger partial charge >= 0.3 is 11.7 Å². The van der Waals surface area contributed by atoms with Crippen LogP contribution in [0.25, 0.3) is 0 Å². The van der Waals surface area contributed by atoms with E-state index in [0.29, 0.717) is 22.6 Å². The van der Waals surface area contributed by atoms with Gasteiger partial charge in [0.25, 0.3) is 0 Å². The molecule has 0 amide bonds. The number of methoxy groups -OCH3 is 2. The van der Waals surface area contributed by atoms with E-state index in [4.69, 9.17) is 9.47 Å². The van der Waals surface area contributed by atoms with Crippen molar-refractivity contribution in [3.63, 3.8) is 0 Å². The van der Waals surface area contributed by atoms with Gasteiger partial charge in [-0.05, 0) is 24.1 Å². The van der Waals surface area contributed by atoms with Gasteiger partial charge in [0.15, 0.2) is 5.75 Å². The van der Waals surface area contributed by atoms with Crippen LogP contribution in [0, 0.1) is 10.1 Å². The Hall–Kier alpha value is -3.29. The molecule has 2 N–H and O–H groups in total. The highest BCUT2D eigenvalue weighted by Gasteiger charge is 2.25. The molecule has 0 aliphatic rings. The molecule has 25 heavy (non-hydrogen) atoms. The Morgan fingerprint density at radius 1 is 1.20 bits per heavy atom. The van der Waals surface area contributed by atoms with Crippen LogP contribution in [-0.2, 0) is 11.2 Å². The molecular weight excluding hydrogens is 330 g/mol. The normalized spacial score (nSPS) is 11.6. The third-order valence-electron chi connectivity index (χ3n) is 3.79. The fourth-order valence-electron chi connectivity index (χ4n) is 2.51. The number of nitrogens with zero attached hydrogens (tertiary/aromatic N) is 1. The molecule has 0 spiro atoms. The van der Waals surface area contributed by atoms with Crippen LogP contribution in [0.5, 0.6) is 17.2 Å². The first-order chi connectivity index (χ1) is 11.9. The number of phenolic OH excluding ortho intramolecular Hbond substituents is 1. The fraction of sp³-hybridized carbons (Fsp3) is 0.235. The minimum atomic E-state index is -1.10. The van der Waals surface area contributed by atoms with E-state index in [2.05, 4.69) is 0 Å². The van der Waals surface area contributed by atoms with Gasteiger partial charge in [-0.2, -0.15) is 0 Å². The topological polar surface area (TPSA) is 119 Å². The molecule has 0 aromatic heterocycles. The molecule has 0 fully saturated rings. The van der Waals surface area contributed by atoms with Crippen LogP contribution in [-0.4, -0.2) is 35.3 Å². The Bertz CT molecular complexity index is 804. The standard InChI is InChI=1S/C17H17NO7/c1-24-11-4-5-12(16(9-11)25-2)13(17(20)21)7-10-3-6-15(19)14(8-10)18(22)23/h3-6,8-9,13,19H,7H2,1-2H3,(H,20,21). The number of carboxylic acids is 1. The molecule has 1 atom stereocenters. The summed E-state index contributed by atoms with van der Waals surface area (Å²) in [7, 11) is 2.90. The number of nitro groups is 1. The number of carboxylic acid groups (broad SMARTS) is 1. The molecule has 0 saturated carbocycles. The number of aliphatic carboxylic acids is 1. The summed E-state index contributed by atoms with van der Waals surface area (Å²) in [5.41, 5.74) is 0.365. The smallest absolute Gasteiger partial charge is 0.311 e. The van der Waals surface area contributed by atoms with E-state index < -0.39 is 28.2 Å². The van der Waals surface area contributed by atoms with Crippen LogP contribution in [0.4, 0.5) is 5.69 Å². The lowest BCUT2D eigenvalue weighted by molar-refractivity contribution is -0.385. The summed E-state index contributed by atoms with van der Waals surface area (Å²) < 4.78 is 10.3.